The second kappa shape index (κ2) is 10.6. The monoisotopic (exact) mass is 440 g/mol. The fourth-order valence-corrected chi connectivity index (χ4v) is 4.08. The molecule has 0 bridgehead atoms. The maximum atomic E-state index is 12.9. The van der Waals surface area contributed by atoms with Crippen molar-refractivity contribution < 1.29 is 9.53 Å². The molecule has 4 aromatic rings. The number of nitrogens with zero attached hydrogens (tertiary/aromatic N) is 2. The lowest BCUT2D eigenvalue weighted by molar-refractivity contribution is -0.144. The number of thiophene rings is 1. The SMILES string of the molecule is CCOC(=O)C(Cc1ccc(-c2ccsc2)nc1)N=C(c1ccccc1)c1ccccc1. The molecule has 5 heteroatoms. The van der Waals surface area contributed by atoms with Crippen LogP contribution in [0.15, 0.2) is 101 Å². The molecular formula is C27H24N2O2S. The fraction of sp³-hybridized carbons (Fsp3) is 0.148. The molecule has 32 heavy (non-hydrogen) atoms. The highest BCUT2D eigenvalue weighted by atomic mass is 32.1. The summed E-state index contributed by atoms with van der Waals surface area (Å²) in [5, 5.41) is 4.10. The third-order valence-corrected chi connectivity index (χ3v) is 5.69. The molecular weight excluding hydrogens is 416 g/mol. The Kier molecular flexibility index (Phi) is 7.20. The first-order valence-corrected chi connectivity index (χ1v) is 11.5. The summed E-state index contributed by atoms with van der Waals surface area (Å²) in [5.41, 5.74) is 5.63. The van der Waals surface area contributed by atoms with E-state index >= 15 is 0 Å². The Balaban J connectivity index is 1.68. The standard InChI is InChI=1S/C27H24N2O2S/c1-2-31-27(30)25(17-20-13-14-24(28-18-20)23-15-16-32-19-23)29-26(21-9-5-3-6-10-21)22-11-7-4-8-12-22/h3-16,18-19,25H,2,17H2,1H3. The van der Waals surface area contributed by atoms with E-state index in [9.17, 15) is 4.79 Å². The van der Waals surface area contributed by atoms with E-state index in [1.807, 2.05) is 97.4 Å². The number of hydrogen-bond donors (Lipinski definition) is 0. The molecule has 2 aromatic heterocycles. The highest BCUT2D eigenvalue weighted by molar-refractivity contribution is 7.08. The van der Waals surface area contributed by atoms with Gasteiger partial charge in [-0.25, -0.2) is 4.79 Å². The van der Waals surface area contributed by atoms with Gasteiger partial charge in [0.2, 0.25) is 0 Å². The van der Waals surface area contributed by atoms with Crippen LogP contribution < -0.4 is 0 Å². The number of rotatable bonds is 8. The van der Waals surface area contributed by atoms with Crippen molar-refractivity contribution in [2.45, 2.75) is 19.4 Å². The normalized spacial score (nSPS) is 11.5. The van der Waals surface area contributed by atoms with E-state index in [-0.39, 0.29) is 5.97 Å². The molecule has 4 nitrogen and oxygen atoms in total. The Labute approximate surface area is 192 Å². The molecule has 0 spiro atoms. The molecule has 1 unspecified atom stereocenters. The fourth-order valence-electron chi connectivity index (χ4n) is 3.43. The zero-order chi connectivity index (χ0) is 22.2. The quantitative estimate of drug-likeness (QED) is 0.256. The summed E-state index contributed by atoms with van der Waals surface area (Å²) < 4.78 is 5.37. The predicted molar refractivity (Wildman–Crippen MR) is 130 cm³/mol. The Morgan fingerprint density at radius 2 is 1.66 bits per heavy atom. The van der Waals surface area contributed by atoms with Crippen LogP contribution in [-0.4, -0.2) is 29.3 Å². The first kappa shape index (κ1) is 21.7. The van der Waals surface area contributed by atoms with E-state index in [1.54, 1.807) is 11.3 Å². The van der Waals surface area contributed by atoms with Crippen LogP contribution in [0.2, 0.25) is 0 Å². The number of aliphatic imine (C=N–C) groups is 1. The van der Waals surface area contributed by atoms with Gasteiger partial charge in [-0.1, -0.05) is 66.7 Å². The van der Waals surface area contributed by atoms with Crippen LogP contribution in [0.4, 0.5) is 0 Å². The van der Waals surface area contributed by atoms with Crippen molar-refractivity contribution in [2.75, 3.05) is 6.61 Å². The Morgan fingerprint density at radius 1 is 0.969 bits per heavy atom. The van der Waals surface area contributed by atoms with Crippen LogP contribution in [0.1, 0.15) is 23.6 Å². The molecule has 2 aromatic carbocycles. The van der Waals surface area contributed by atoms with Crippen LogP contribution in [0, 0.1) is 0 Å². The Bertz CT molecular complexity index is 1110. The van der Waals surface area contributed by atoms with E-state index in [4.69, 9.17) is 9.73 Å². The summed E-state index contributed by atoms with van der Waals surface area (Å²) in [7, 11) is 0. The van der Waals surface area contributed by atoms with Gasteiger partial charge in [0.15, 0.2) is 6.04 Å². The molecule has 0 aliphatic heterocycles. The highest BCUT2D eigenvalue weighted by Gasteiger charge is 2.22. The molecule has 2 heterocycles. The minimum Gasteiger partial charge on any atom is -0.464 e. The third-order valence-electron chi connectivity index (χ3n) is 5.01. The summed E-state index contributed by atoms with van der Waals surface area (Å²) in [6, 6.07) is 25.2. The second-order valence-electron chi connectivity index (χ2n) is 7.25. The number of pyridine rings is 1. The van der Waals surface area contributed by atoms with Crippen molar-refractivity contribution in [2.24, 2.45) is 4.99 Å². The number of aromatic nitrogens is 1. The molecule has 0 aliphatic rings. The van der Waals surface area contributed by atoms with Crippen molar-refractivity contribution in [1.29, 1.82) is 0 Å². The van der Waals surface area contributed by atoms with Crippen molar-refractivity contribution in [3.05, 3.63) is 113 Å². The van der Waals surface area contributed by atoms with Gasteiger partial charge in [0, 0.05) is 34.7 Å². The minimum absolute atomic E-state index is 0.312. The van der Waals surface area contributed by atoms with Gasteiger partial charge in [-0.05, 0) is 30.0 Å². The molecule has 0 aliphatic carbocycles. The molecule has 0 N–H and O–H groups in total. The summed E-state index contributed by atoms with van der Waals surface area (Å²) >= 11 is 1.64. The first-order chi connectivity index (χ1) is 15.7. The lowest BCUT2D eigenvalue weighted by atomic mass is 10.0. The van der Waals surface area contributed by atoms with E-state index in [0.717, 1.165) is 33.7 Å². The number of ether oxygens (including phenoxy) is 1. The Hall–Kier alpha value is -3.57. The van der Waals surface area contributed by atoms with Gasteiger partial charge in [-0.15, -0.1) is 0 Å². The lowest BCUT2D eigenvalue weighted by Crippen LogP contribution is -2.26. The zero-order valence-corrected chi connectivity index (χ0v) is 18.7. The van der Waals surface area contributed by atoms with Gasteiger partial charge in [0.05, 0.1) is 18.0 Å². The molecule has 0 radical (unpaired) electrons. The number of esters is 1. The van der Waals surface area contributed by atoms with Crippen LogP contribution >= 0.6 is 11.3 Å². The van der Waals surface area contributed by atoms with E-state index in [1.165, 1.54) is 0 Å². The average Bonchev–Trinajstić information content (AvgIpc) is 3.38. The highest BCUT2D eigenvalue weighted by Crippen LogP contribution is 2.21. The van der Waals surface area contributed by atoms with E-state index < -0.39 is 6.04 Å². The second-order valence-corrected chi connectivity index (χ2v) is 8.03. The summed E-state index contributed by atoms with van der Waals surface area (Å²) in [6.45, 7) is 2.12. The van der Waals surface area contributed by atoms with Crippen LogP contribution in [0.3, 0.4) is 0 Å². The molecule has 4 rings (SSSR count). The largest absolute Gasteiger partial charge is 0.464 e. The minimum atomic E-state index is -0.667. The van der Waals surface area contributed by atoms with E-state index in [0.29, 0.717) is 13.0 Å². The van der Waals surface area contributed by atoms with Gasteiger partial charge in [0.25, 0.3) is 0 Å². The van der Waals surface area contributed by atoms with Crippen LogP contribution in [0.5, 0.6) is 0 Å². The Morgan fingerprint density at radius 3 is 2.19 bits per heavy atom. The average molecular weight is 441 g/mol. The molecule has 0 fully saturated rings. The zero-order valence-electron chi connectivity index (χ0n) is 17.8. The third kappa shape index (κ3) is 5.37. The molecule has 0 saturated carbocycles. The molecule has 160 valence electrons. The van der Waals surface area contributed by atoms with Crippen molar-refractivity contribution in [3.8, 4) is 11.3 Å². The van der Waals surface area contributed by atoms with Gasteiger partial charge < -0.3 is 4.74 Å². The topological polar surface area (TPSA) is 51.5 Å². The predicted octanol–water partition coefficient (Wildman–Crippen LogP) is 5.82. The van der Waals surface area contributed by atoms with Crippen molar-refractivity contribution >= 4 is 23.0 Å². The van der Waals surface area contributed by atoms with E-state index in [2.05, 4.69) is 10.4 Å². The molecule has 0 amide bonds. The lowest BCUT2D eigenvalue weighted by Gasteiger charge is -2.15. The van der Waals surface area contributed by atoms with Crippen LogP contribution in [-0.2, 0) is 16.0 Å². The summed E-state index contributed by atoms with van der Waals surface area (Å²) in [6.07, 6.45) is 2.23. The molecule has 0 saturated heterocycles. The maximum Gasteiger partial charge on any atom is 0.331 e. The summed E-state index contributed by atoms with van der Waals surface area (Å²) in [5.74, 6) is -0.334. The van der Waals surface area contributed by atoms with Crippen LogP contribution in [0.25, 0.3) is 11.3 Å². The molecule has 1 atom stereocenters. The van der Waals surface area contributed by atoms with Gasteiger partial charge in [0.1, 0.15) is 0 Å². The van der Waals surface area contributed by atoms with Crippen molar-refractivity contribution in [3.63, 3.8) is 0 Å². The first-order valence-electron chi connectivity index (χ1n) is 10.6. The number of carbonyl (C=O) groups excluding carboxylic acids is 1. The van der Waals surface area contributed by atoms with Gasteiger partial charge in [-0.3, -0.25) is 9.98 Å². The number of carbonyl (C=O) groups is 1. The smallest absolute Gasteiger partial charge is 0.331 e. The number of benzene rings is 2. The van der Waals surface area contributed by atoms with Crippen molar-refractivity contribution in [1.82, 2.24) is 4.98 Å². The number of hydrogen-bond acceptors (Lipinski definition) is 5. The summed E-state index contributed by atoms with van der Waals surface area (Å²) in [4.78, 5) is 22.4. The van der Waals surface area contributed by atoms with Gasteiger partial charge in [-0.2, -0.15) is 11.3 Å². The maximum absolute atomic E-state index is 12.9. The van der Waals surface area contributed by atoms with Gasteiger partial charge >= 0.3 is 5.97 Å².